The first-order chi connectivity index (χ1) is 12.8. The summed E-state index contributed by atoms with van der Waals surface area (Å²) in [6, 6.07) is 10.7. The number of amides is 1. The van der Waals surface area contributed by atoms with E-state index in [1.54, 1.807) is 6.07 Å². The summed E-state index contributed by atoms with van der Waals surface area (Å²) in [6.45, 7) is 0. The predicted molar refractivity (Wildman–Crippen MR) is 97.2 cm³/mol. The van der Waals surface area contributed by atoms with Gasteiger partial charge in [-0.2, -0.15) is 5.26 Å². The SMILES string of the molecule is N#C/C(=C/Nc1ccccc1[N+](=O)[O-])C(=O)Nc1cc([N+](=O)[O-])ccc1Cl. The van der Waals surface area contributed by atoms with E-state index in [0.717, 1.165) is 18.3 Å². The highest BCUT2D eigenvalue weighted by Crippen LogP contribution is 2.27. The van der Waals surface area contributed by atoms with Crippen molar-refractivity contribution in [2.24, 2.45) is 0 Å². The minimum absolute atomic E-state index is 0.0397. The Kier molecular flexibility index (Phi) is 6.03. The molecule has 2 rings (SSSR count). The molecule has 0 atom stereocenters. The summed E-state index contributed by atoms with van der Waals surface area (Å²) in [5, 5.41) is 35.8. The highest BCUT2D eigenvalue weighted by molar-refractivity contribution is 6.34. The van der Waals surface area contributed by atoms with Crippen LogP contribution >= 0.6 is 11.6 Å². The zero-order valence-corrected chi connectivity index (χ0v) is 14.1. The van der Waals surface area contributed by atoms with Crippen LogP contribution in [0.2, 0.25) is 5.02 Å². The maximum absolute atomic E-state index is 12.2. The summed E-state index contributed by atoms with van der Waals surface area (Å²) in [5.74, 6) is -0.897. The van der Waals surface area contributed by atoms with Crippen LogP contribution < -0.4 is 10.6 Å². The fourth-order valence-corrected chi connectivity index (χ4v) is 2.13. The van der Waals surface area contributed by atoms with Gasteiger partial charge >= 0.3 is 0 Å². The van der Waals surface area contributed by atoms with E-state index in [9.17, 15) is 25.0 Å². The molecule has 1 amide bonds. The summed E-state index contributed by atoms with van der Waals surface area (Å²) < 4.78 is 0. The van der Waals surface area contributed by atoms with E-state index in [-0.39, 0.29) is 27.8 Å². The Hall–Kier alpha value is -3.97. The molecule has 0 unspecified atom stereocenters. The second-order valence-electron chi connectivity index (χ2n) is 4.96. The van der Waals surface area contributed by atoms with Gasteiger partial charge in [0.25, 0.3) is 17.3 Å². The number of nitro benzene ring substituents is 2. The number of hydrogen-bond acceptors (Lipinski definition) is 7. The maximum atomic E-state index is 12.2. The van der Waals surface area contributed by atoms with Crippen molar-refractivity contribution >= 4 is 40.3 Å². The van der Waals surface area contributed by atoms with Crippen molar-refractivity contribution in [3.63, 3.8) is 0 Å². The number of hydrogen-bond donors (Lipinski definition) is 2. The van der Waals surface area contributed by atoms with Crippen molar-refractivity contribution in [1.82, 2.24) is 0 Å². The van der Waals surface area contributed by atoms with Gasteiger partial charge in [-0.15, -0.1) is 0 Å². The third kappa shape index (κ3) is 4.77. The molecular formula is C16H10ClN5O5. The smallest absolute Gasteiger partial charge is 0.292 e. The Morgan fingerprint density at radius 1 is 1.11 bits per heavy atom. The van der Waals surface area contributed by atoms with Crippen molar-refractivity contribution < 1.29 is 14.6 Å². The molecule has 0 spiro atoms. The second kappa shape index (κ2) is 8.41. The summed E-state index contributed by atoms with van der Waals surface area (Å²) in [4.78, 5) is 32.7. The number of benzene rings is 2. The van der Waals surface area contributed by atoms with Crippen LogP contribution in [0.15, 0.2) is 54.2 Å². The number of halogens is 1. The van der Waals surface area contributed by atoms with Gasteiger partial charge in [-0.25, -0.2) is 0 Å². The van der Waals surface area contributed by atoms with Gasteiger partial charge < -0.3 is 10.6 Å². The molecule has 27 heavy (non-hydrogen) atoms. The Balaban J connectivity index is 2.23. The molecular weight excluding hydrogens is 378 g/mol. The summed E-state index contributed by atoms with van der Waals surface area (Å²) >= 11 is 5.89. The van der Waals surface area contributed by atoms with Gasteiger partial charge in [0, 0.05) is 24.4 Å². The van der Waals surface area contributed by atoms with Crippen LogP contribution in [0.4, 0.5) is 22.7 Å². The van der Waals surface area contributed by atoms with Crippen molar-refractivity contribution in [2.75, 3.05) is 10.6 Å². The number of nitrogens with one attached hydrogen (secondary N) is 2. The first-order valence-corrected chi connectivity index (χ1v) is 7.56. The van der Waals surface area contributed by atoms with Crippen LogP contribution in [0.3, 0.4) is 0 Å². The standard InChI is InChI=1S/C16H10ClN5O5/c17-12-6-5-11(21(24)25)7-14(12)20-16(23)10(8-18)9-19-13-3-1-2-4-15(13)22(26)27/h1-7,9,19H,(H,20,23)/b10-9-. The van der Waals surface area contributed by atoms with Gasteiger partial charge in [0.2, 0.25) is 0 Å². The number of para-hydroxylation sites is 2. The molecule has 0 bridgehead atoms. The summed E-state index contributed by atoms with van der Waals surface area (Å²) in [5.41, 5.74) is -0.932. The Morgan fingerprint density at radius 2 is 1.81 bits per heavy atom. The van der Waals surface area contributed by atoms with Crippen LogP contribution in [-0.4, -0.2) is 15.8 Å². The molecule has 0 aliphatic carbocycles. The molecule has 136 valence electrons. The third-order valence-corrected chi connectivity index (χ3v) is 3.58. The molecule has 0 fully saturated rings. The summed E-state index contributed by atoms with van der Waals surface area (Å²) in [6.07, 6.45) is 0.989. The number of nitro groups is 2. The predicted octanol–water partition coefficient (Wildman–Crippen LogP) is 3.61. The van der Waals surface area contributed by atoms with Crippen molar-refractivity contribution in [3.05, 3.63) is 79.5 Å². The topological polar surface area (TPSA) is 151 Å². The number of non-ortho nitro benzene ring substituents is 1. The van der Waals surface area contributed by atoms with Crippen molar-refractivity contribution in [3.8, 4) is 6.07 Å². The maximum Gasteiger partial charge on any atom is 0.292 e. The fourth-order valence-electron chi connectivity index (χ4n) is 1.97. The minimum Gasteiger partial charge on any atom is -0.355 e. The first-order valence-electron chi connectivity index (χ1n) is 7.19. The van der Waals surface area contributed by atoms with E-state index < -0.39 is 21.3 Å². The van der Waals surface area contributed by atoms with Crippen molar-refractivity contribution in [2.45, 2.75) is 0 Å². The lowest BCUT2D eigenvalue weighted by Gasteiger charge is -2.07. The molecule has 0 aliphatic rings. The molecule has 0 aromatic heterocycles. The van der Waals surface area contributed by atoms with E-state index in [2.05, 4.69) is 10.6 Å². The third-order valence-electron chi connectivity index (χ3n) is 3.25. The lowest BCUT2D eigenvalue weighted by atomic mass is 10.2. The average Bonchev–Trinajstić information content (AvgIpc) is 2.64. The lowest BCUT2D eigenvalue weighted by Crippen LogP contribution is -2.15. The number of anilines is 2. The highest BCUT2D eigenvalue weighted by atomic mass is 35.5. The molecule has 2 N–H and O–H groups in total. The van der Waals surface area contributed by atoms with E-state index in [0.29, 0.717) is 0 Å². The van der Waals surface area contributed by atoms with Crippen LogP contribution in [0, 0.1) is 31.6 Å². The van der Waals surface area contributed by atoms with E-state index in [1.807, 2.05) is 0 Å². The molecule has 11 heteroatoms. The van der Waals surface area contributed by atoms with E-state index >= 15 is 0 Å². The summed E-state index contributed by atoms with van der Waals surface area (Å²) in [7, 11) is 0. The van der Waals surface area contributed by atoms with Gasteiger partial charge in [0.05, 0.1) is 20.6 Å². The van der Waals surface area contributed by atoms with Crippen LogP contribution in [0.1, 0.15) is 0 Å². The van der Waals surface area contributed by atoms with Crippen LogP contribution in [-0.2, 0) is 4.79 Å². The molecule has 0 saturated carbocycles. The van der Waals surface area contributed by atoms with Gasteiger partial charge in [-0.3, -0.25) is 25.0 Å². The second-order valence-corrected chi connectivity index (χ2v) is 5.37. The zero-order valence-electron chi connectivity index (χ0n) is 13.4. The normalized spacial score (nSPS) is 10.6. The Morgan fingerprint density at radius 3 is 2.44 bits per heavy atom. The minimum atomic E-state index is -0.897. The molecule has 0 aliphatic heterocycles. The van der Waals surface area contributed by atoms with Crippen molar-refractivity contribution in [1.29, 1.82) is 5.26 Å². The quantitative estimate of drug-likeness (QED) is 0.332. The van der Waals surface area contributed by atoms with Gasteiger partial charge in [-0.1, -0.05) is 23.7 Å². The monoisotopic (exact) mass is 387 g/mol. The van der Waals surface area contributed by atoms with Crippen LogP contribution in [0.5, 0.6) is 0 Å². The van der Waals surface area contributed by atoms with E-state index in [4.69, 9.17) is 16.9 Å². The van der Waals surface area contributed by atoms with Gasteiger partial charge in [0.15, 0.2) is 0 Å². The molecule has 2 aromatic rings. The Labute approximate surface area is 157 Å². The largest absolute Gasteiger partial charge is 0.355 e. The fraction of sp³-hybridized carbons (Fsp3) is 0. The average molecular weight is 388 g/mol. The molecule has 10 nitrogen and oxygen atoms in total. The number of rotatable bonds is 6. The number of carbonyl (C=O) groups excluding carboxylic acids is 1. The van der Waals surface area contributed by atoms with Gasteiger partial charge in [0.1, 0.15) is 17.3 Å². The highest BCUT2D eigenvalue weighted by Gasteiger charge is 2.16. The molecule has 0 heterocycles. The molecule has 2 aromatic carbocycles. The van der Waals surface area contributed by atoms with E-state index in [1.165, 1.54) is 30.3 Å². The molecule has 0 saturated heterocycles. The number of nitrogens with zero attached hydrogens (tertiary/aromatic N) is 3. The zero-order chi connectivity index (χ0) is 20.0. The number of carbonyl (C=O) groups is 1. The Bertz CT molecular complexity index is 999. The van der Waals surface area contributed by atoms with Crippen LogP contribution in [0.25, 0.3) is 0 Å². The molecule has 0 radical (unpaired) electrons. The first kappa shape index (κ1) is 19.4. The number of nitriles is 1. The van der Waals surface area contributed by atoms with Gasteiger partial charge in [-0.05, 0) is 12.1 Å². The lowest BCUT2D eigenvalue weighted by molar-refractivity contribution is -0.384.